The Balaban J connectivity index is 1.66. The number of hydrogen-bond acceptors (Lipinski definition) is 4. The predicted molar refractivity (Wildman–Crippen MR) is 107 cm³/mol. The topological polar surface area (TPSA) is 90.9 Å². The van der Waals surface area contributed by atoms with Crippen LogP contribution >= 0.6 is 0 Å². The Morgan fingerprint density at radius 3 is 2.64 bits per heavy atom. The van der Waals surface area contributed by atoms with Gasteiger partial charge in [-0.3, -0.25) is 4.79 Å². The van der Waals surface area contributed by atoms with Crippen LogP contribution in [-0.2, 0) is 9.53 Å². The van der Waals surface area contributed by atoms with Gasteiger partial charge in [0, 0.05) is 18.8 Å². The van der Waals surface area contributed by atoms with Crippen LogP contribution in [0.5, 0.6) is 0 Å². The number of rotatable bonds is 6. The van der Waals surface area contributed by atoms with E-state index in [9.17, 15) is 14.7 Å². The molecule has 2 atom stereocenters. The van der Waals surface area contributed by atoms with Crippen LogP contribution in [0.15, 0.2) is 24.3 Å². The second-order valence-electron chi connectivity index (χ2n) is 7.68. The van der Waals surface area contributed by atoms with Crippen molar-refractivity contribution < 1.29 is 19.4 Å². The summed E-state index contributed by atoms with van der Waals surface area (Å²) >= 11 is 0. The standard InChI is InChI=1S/C21H31N3O4/c1-2-22-21(27)23-17-10-8-16(9-11-17)20(26)18-13-28-14-19(25)24(18)12-15-6-4-3-5-7-15/h8-11,15,18,20,26H,2-7,12-14H2,1H3,(H2,22,23,27)/t18-,20-/m1/s1. The lowest BCUT2D eigenvalue weighted by Gasteiger charge is -2.40. The first kappa shape index (κ1) is 20.6. The van der Waals surface area contributed by atoms with Crippen molar-refractivity contribution in [2.45, 2.75) is 51.2 Å². The molecule has 28 heavy (non-hydrogen) atoms. The summed E-state index contributed by atoms with van der Waals surface area (Å²) in [6.45, 7) is 3.52. The lowest BCUT2D eigenvalue weighted by Crippen LogP contribution is -2.53. The average molecular weight is 389 g/mol. The number of ether oxygens (including phenoxy) is 1. The normalized spacial score (nSPS) is 22.0. The van der Waals surface area contributed by atoms with Gasteiger partial charge in [0.15, 0.2) is 0 Å². The minimum absolute atomic E-state index is 0.0459. The molecule has 0 radical (unpaired) electrons. The van der Waals surface area contributed by atoms with Gasteiger partial charge in [-0.15, -0.1) is 0 Å². The number of nitrogens with zero attached hydrogens (tertiary/aromatic N) is 1. The lowest BCUT2D eigenvalue weighted by molar-refractivity contribution is -0.155. The molecule has 3 amide bonds. The molecule has 7 nitrogen and oxygen atoms in total. The maximum Gasteiger partial charge on any atom is 0.319 e. The Morgan fingerprint density at radius 2 is 1.96 bits per heavy atom. The molecule has 1 saturated carbocycles. The summed E-state index contributed by atoms with van der Waals surface area (Å²) < 4.78 is 5.44. The van der Waals surface area contributed by atoms with Crippen LogP contribution in [0.1, 0.15) is 50.7 Å². The SMILES string of the molecule is CCNC(=O)Nc1ccc([C@@H](O)[C@H]2COCC(=O)N2CC2CCCCC2)cc1. The van der Waals surface area contributed by atoms with Gasteiger partial charge in [-0.05, 0) is 43.4 Å². The maximum absolute atomic E-state index is 12.5. The van der Waals surface area contributed by atoms with Crippen molar-refractivity contribution >= 4 is 17.6 Å². The molecule has 7 heteroatoms. The van der Waals surface area contributed by atoms with E-state index in [1.165, 1.54) is 19.3 Å². The lowest BCUT2D eigenvalue weighted by atomic mass is 9.88. The Labute approximate surface area is 166 Å². The molecule has 1 aliphatic carbocycles. The predicted octanol–water partition coefficient (Wildman–Crippen LogP) is 2.67. The fourth-order valence-corrected chi connectivity index (χ4v) is 4.09. The van der Waals surface area contributed by atoms with Crippen molar-refractivity contribution in [1.82, 2.24) is 10.2 Å². The zero-order chi connectivity index (χ0) is 19.9. The molecule has 1 aliphatic heterocycles. The zero-order valence-corrected chi connectivity index (χ0v) is 16.5. The molecular formula is C21H31N3O4. The number of morpholine rings is 1. The summed E-state index contributed by atoms with van der Waals surface area (Å²) in [5, 5.41) is 16.4. The van der Waals surface area contributed by atoms with Crippen LogP contribution in [0.3, 0.4) is 0 Å². The van der Waals surface area contributed by atoms with Gasteiger partial charge in [0.25, 0.3) is 0 Å². The second-order valence-corrected chi connectivity index (χ2v) is 7.68. The zero-order valence-electron chi connectivity index (χ0n) is 16.5. The smallest absolute Gasteiger partial charge is 0.319 e. The van der Waals surface area contributed by atoms with Crippen molar-refractivity contribution in [2.24, 2.45) is 5.92 Å². The van der Waals surface area contributed by atoms with Crippen molar-refractivity contribution in [3.05, 3.63) is 29.8 Å². The summed E-state index contributed by atoms with van der Waals surface area (Å²) in [5.41, 5.74) is 1.36. The third kappa shape index (κ3) is 5.23. The first-order chi connectivity index (χ1) is 13.6. The third-order valence-corrected chi connectivity index (χ3v) is 5.63. The molecule has 3 N–H and O–H groups in total. The van der Waals surface area contributed by atoms with E-state index in [4.69, 9.17) is 4.74 Å². The van der Waals surface area contributed by atoms with Gasteiger partial charge in [-0.25, -0.2) is 4.79 Å². The number of hydrogen-bond donors (Lipinski definition) is 3. The second kappa shape index (κ2) is 9.89. The molecule has 1 aromatic rings. The first-order valence-corrected chi connectivity index (χ1v) is 10.3. The highest BCUT2D eigenvalue weighted by Gasteiger charge is 2.36. The molecule has 0 bridgehead atoms. The van der Waals surface area contributed by atoms with E-state index in [0.717, 1.165) is 12.8 Å². The van der Waals surface area contributed by atoms with Crippen molar-refractivity contribution in [3.63, 3.8) is 0 Å². The number of aliphatic hydroxyl groups excluding tert-OH is 1. The Kier molecular flexibility index (Phi) is 7.28. The highest BCUT2D eigenvalue weighted by molar-refractivity contribution is 5.89. The maximum atomic E-state index is 12.5. The first-order valence-electron chi connectivity index (χ1n) is 10.3. The van der Waals surface area contributed by atoms with E-state index in [2.05, 4.69) is 10.6 Å². The number of anilines is 1. The Bertz CT molecular complexity index is 658. The number of carbonyl (C=O) groups is 2. The molecule has 2 fully saturated rings. The van der Waals surface area contributed by atoms with Crippen LogP contribution in [0, 0.1) is 5.92 Å². The summed E-state index contributed by atoms with van der Waals surface area (Å²) in [5.74, 6) is 0.463. The van der Waals surface area contributed by atoms with Crippen molar-refractivity contribution in [2.75, 3.05) is 31.6 Å². The summed E-state index contributed by atoms with van der Waals surface area (Å²) in [6.07, 6.45) is 5.18. The molecule has 0 unspecified atom stereocenters. The van der Waals surface area contributed by atoms with Gasteiger partial charge >= 0.3 is 6.03 Å². The highest BCUT2D eigenvalue weighted by atomic mass is 16.5. The fourth-order valence-electron chi connectivity index (χ4n) is 4.09. The van der Waals surface area contributed by atoms with Crippen molar-refractivity contribution in [1.29, 1.82) is 0 Å². The molecule has 0 aromatic heterocycles. The number of benzene rings is 1. The van der Waals surface area contributed by atoms with Crippen LogP contribution in [0.2, 0.25) is 0 Å². The molecule has 1 saturated heterocycles. The van der Waals surface area contributed by atoms with E-state index in [0.29, 0.717) is 36.9 Å². The third-order valence-electron chi connectivity index (χ3n) is 5.63. The van der Waals surface area contributed by atoms with Crippen LogP contribution in [-0.4, -0.2) is 54.3 Å². The molecule has 3 rings (SSSR count). The molecule has 154 valence electrons. The molecule has 1 aromatic carbocycles. The molecular weight excluding hydrogens is 358 g/mol. The number of nitrogens with one attached hydrogen (secondary N) is 2. The number of carbonyl (C=O) groups excluding carboxylic acids is 2. The van der Waals surface area contributed by atoms with Crippen LogP contribution in [0.25, 0.3) is 0 Å². The van der Waals surface area contributed by atoms with E-state index in [1.807, 2.05) is 11.8 Å². The van der Waals surface area contributed by atoms with E-state index in [-0.39, 0.29) is 24.6 Å². The van der Waals surface area contributed by atoms with Crippen LogP contribution in [0.4, 0.5) is 10.5 Å². The minimum atomic E-state index is -0.827. The summed E-state index contributed by atoms with van der Waals surface area (Å²) in [4.78, 5) is 25.9. The van der Waals surface area contributed by atoms with Gasteiger partial charge in [-0.2, -0.15) is 0 Å². The van der Waals surface area contributed by atoms with Gasteiger partial charge in [0.2, 0.25) is 5.91 Å². The van der Waals surface area contributed by atoms with Gasteiger partial charge in [-0.1, -0.05) is 31.4 Å². The quantitative estimate of drug-likeness (QED) is 0.698. The Hall–Kier alpha value is -2.12. The number of urea groups is 1. The molecule has 0 spiro atoms. The fraction of sp³-hybridized carbons (Fsp3) is 0.619. The molecule has 1 heterocycles. The van der Waals surface area contributed by atoms with Gasteiger partial charge in [0.05, 0.1) is 12.6 Å². The van der Waals surface area contributed by atoms with E-state index < -0.39 is 6.10 Å². The van der Waals surface area contributed by atoms with E-state index >= 15 is 0 Å². The monoisotopic (exact) mass is 389 g/mol. The Morgan fingerprint density at radius 1 is 1.25 bits per heavy atom. The summed E-state index contributed by atoms with van der Waals surface area (Å²) in [7, 11) is 0. The number of aliphatic hydroxyl groups is 1. The van der Waals surface area contributed by atoms with E-state index in [1.54, 1.807) is 24.3 Å². The highest BCUT2D eigenvalue weighted by Crippen LogP contribution is 2.30. The molecule has 2 aliphatic rings. The van der Waals surface area contributed by atoms with Crippen molar-refractivity contribution in [3.8, 4) is 0 Å². The largest absolute Gasteiger partial charge is 0.386 e. The van der Waals surface area contributed by atoms with Gasteiger partial charge in [0.1, 0.15) is 12.7 Å². The minimum Gasteiger partial charge on any atom is -0.386 e. The van der Waals surface area contributed by atoms with Gasteiger partial charge < -0.3 is 25.4 Å². The number of amides is 3. The average Bonchev–Trinajstić information content (AvgIpc) is 2.70. The van der Waals surface area contributed by atoms with Crippen LogP contribution < -0.4 is 10.6 Å². The summed E-state index contributed by atoms with van der Waals surface area (Å²) in [6, 6.07) is 6.43.